The van der Waals surface area contributed by atoms with Gasteiger partial charge < -0.3 is 14.9 Å². The van der Waals surface area contributed by atoms with E-state index in [0.29, 0.717) is 6.42 Å². The highest BCUT2D eigenvalue weighted by molar-refractivity contribution is 5.76. The summed E-state index contributed by atoms with van der Waals surface area (Å²) in [5, 5.41) is 16.5. The first-order valence-electron chi connectivity index (χ1n) is 4.48. The topological polar surface area (TPSA) is 66.8 Å². The Hall–Kier alpha value is -0.450. The van der Waals surface area contributed by atoms with Crippen LogP contribution in [0.15, 0.2) is 0 Å². The number of carbonyl (C=O) groups is 1. The van der Waals surface area contributed by atoms with Crippen LogP contribution in [0, 0.1) is 0 Å². The van der Waals surface area contributed by atoms with Crippen molar-refractivity contribution in [3.63, 3.8) is 0 Å². The molecule has 2 N–H and O–H groups in total. The quantitative estimate of drug-likeness (QED) is 0.629. The lowest BCUT2D eigenvalue weighted by atomic mass is 10.3. The first kappa shape index (κ1) is 15.0. The predicted molar refractivity (Wildman–Crippen MR) is 50.3 cm³/mol. The number of hydrogen-bond acceptors (Lipinski definition) is 4. The van der Waals surface area contributed by atoms with Crippen LogP contribution in [0.2, 0.25) is 0 Å². The van der Waals surface area contributed by atoms with Gasteiger partial charge in [0.25, 0.3) is 0 Å². The van der Waals surface area contributed by atoms with Crippen molar-refractivity contribution in [1.29, 1.82) is 0 Å². The summed E-state index contributed by atoms with van der Waals surface area (Å²) < 4.78 is 4.75. The Labute approximate surface area is 79.5 Å². The van der Waals surface area contributed by atoms with Crippen LogP contribution in [0.4, 0.5) is 0 Å². The minimum absolute atomic E-state index is 0.0150. The van der Waals surface area contributed by atoms with Gasteiger partial charge in [-0.25, -0.2) is 0 Å². The summed E-state index contributed by atoms with van der Waals surface area (Å²) in [6.07, 6.45) is 0.681. The normalized spacial score (nSPS) is 11.5. The third kappa shape index (κ3) is 18.5. The van der Waals surface area contributed by atoms with E-state index in [0.717, 1.165) is 6.42 Å². The van der Waals surface area contributed by atoms with E-state index in [2.05, 4.69) is 0 Å². The minimum Gasteiger partial charge on any atom is -0.397 e. The van der Waals surface area contributed by atoms with Crippen molar-refractivity contribution in [2.45, 2.75) is 39.9 Å². The fourth-order valence-electron chi connectivity index (χ4n) is 0.544. The van der Waals surface area contributed by atoms with Gasteiger partial charge in [-0.05, 0) is 20.3 Å². The molecule has 0 aliphatic rings. The number of carbonyl (C=O) groups excluding carboxylic acids is 1. The third-order valence-corrected chi connectivity index (χ3v) is 1.01. The van der Waals surface area contributed by atoms with Gasteiger partial charge in [0.2, 0.25) is 0 Å². The Morgan fingerprint density at radius 2 is 1.92 bits per heavy atom. The van der Waals surface area contributed by atoms with Gasteiger partial charge in [0.15, 0.2) is 12.1 Å². The molecule has 0 spiro atoms. The minimum atomic E-state index is -0.770. The molecule has 0 aliphatic heterocycles. The fourth-order valence-corrected chi connectivity index (χ4v) is 0.544. The number of ether oxygens (including phenoxy) is 1. The molecule has 4 nitrogen and oxygen atoms in total. The van der Waals surface area contributed by atoms with Crippen molar-refractivity contribution in [3.8, 4) is 0 Å². The zero-order chi connectivity index (χ0) is 10.7. The summed E-state index contributed by atoms with van der Waals surface area (Å²) in [6.45, 7) is 5.32. The second kappa shape index (κ2) is 11.6. The smallest absolute Gasteiger partial charge is 0.155 e. The lowest BCUT2D eigenvalue weighted by molar-refractivity contribution is -0.138. The maximum atomic E-state index is 10.3. The zero-order valence-corrected chi connectivity index (χ0v) is 8.62. The maximum Gasteiger partial charge on any atom is 0.155 e. The van der Waals surface area contributed by atoms with E-state index in [1.165, 1.54) is 6.92 Å². The van der Waals surface area contributed by atoms with E-state index >= 15 is 0 Å². The Kier molecular flexibility index (Phi) is 13.4. The lowest BCUT2D eigenvalue weighted by Gasteiger charge is -2.07. The largest absolute Gasteiger partial charge is 0.397 e. The molecule has 1 atom stereocenters. The first-order valence-corrected chi connectivity index (χ1v) is 4.48. The molecule has 0 rings (SSSR count). The van der Waals surface area contributed by atoms with Gasteiger partial charge in [0.1, 0.15) is 6.61 Å². The number of aliphatic hydroxyl groups is 2. The predicted octanol–water partition coefficient (Wildman–Crippen LogP) is 0.709. The van der Waals surface area contributed by atoms with Crippen LogP contribution in [0.3, 0.4) is 0 Å². The highest BCUT2D eigenvalue weighted by Gasteiger charge is 2.02. The Balaban J connectivity index is 0. The van der Waals surface area contributed by atoms with Gasteiger partial charge in [-0.2, -0.15) is 0 Å². The van der Waals surface area contributed by atoms with Crippen LogP contribution in [-0.4, -0.2) is 35.5 Å². The average molecular weight is 192 g/mol. The molecule has 4 heteroatoms. The van der Waals surface area contributed by atoms with E-state index in [9.17, 15) is 4.79 Å². The summed E-state index contributed by atoms with van der Waals surface area (Å²) in [5.41, 5.74) is 0. The second-order valence-electron chi connectivity index (χ2n) is 2.57. The molecule has 1 unspecified atom stereocenters. The SMILES string of the molecule is CCCC(O)OCC(C)=O.CCO. The lowest BCUT2D eigenvalue weighted by Crippen LogP contribution is -2.15. The van der Waals surface area contributed by atoms with Gasteiger partial charge in [-0.1, -0.05) is 13.3 Å². The molecule has 0 radical (unpaired) electrons. The van der Waals surface area contributed by atoms with Crippen molar-refractivity contribution in [1.82, 2.24) is 0 Å². The molecule has 0 amide bonds. The van der Waals surface area contributed by atoms with E-state index in [1.54, 1.807) is 6.92 Å². The molecule has 0 saturated heterocycles. The molecule has 0 bridgehead atoms. The van der Waals surface area contributed by atoms with Crippen LogP contribution in [0.1, 0.15) is 33.6 Å². The van der Waals surface area contributed by atoms with Gasteiger partial charge in [-0.15, -0.1) is 0 Å². The molecular formula is C9H20O4. The Morgan fingerprint density at radius 1 is 1.46 bits per heavy atom. The molecule has 80 valence electrons. The van der Waals surface area contributed by atoms with Gasteiger partial charge >= 0.3 is 0 Å². The Morgan fingerprint density at radius 3 is 2.23 bits per heavy atom. The molecule has 0 aliphatic carbocycles. The third-order valence-electron chi connectivity index (χ3n) is 1.01. The Bertz CT molecular complexity index is 114. The second-order valence-corrected chi connectivity index (χ2v) is 2.57. The highest BCUT2D eigenvalue weighted by Crippen LogP contribution is 1.96. The summed E-state index contributed by atoms with van der Waals surface area (Å²) in [6, 6.07) is 0. The molecule has 13 heavy (non-hydrogen) atoms. The van der Waals surface area contributed by atoms with Gasteiger partial charge in [0.05, 0.1) is 0 Å². The molecule has 0 aromatic heterocycles. The summed E-state index contributed by atoms with van der Waals surface area (Å²) in [5.74, 6) is -0.0600. The monoisotopic (exact) mass is 192 g/mol. The van der Waals surface area contributed by atoms with Crippen molar-refractivity contribution in [3.05, 3.63) is 0 Å². The summed E-state index contributed by atoms with van der Waals surface area (Å²) in [7, 11) is 0. The molecule has 0 heterocycles. The molecule has 0 fully saturated rings. The van der Waals surface area contributed by atoms with E-state index < -0.39 is 6.29 Å². The van der Waals surface area contributed by atoms with Crippen LogP contribution < -0.4 is 0 Å². The zero-order valence-electron chi connectivity index (χ0n) is 8.62. The van der Waals surface area contributed by atoms with Crippen molar-refractivity contribution in [2.75, 3.05) is 13.2 Å². The molecule has 0 saturated carbocycles. The number of hydrogen-bond donors (Lipinski definition) is 2. The molecule has 0 aromatic rings. The average Bonchev–Trinajstić information content (AvgIpc) is 2.03. The summed E-state index contributed by atoms with van der Waals surface area (Å²) in [4.78, 5) is 10.3. The van der Waals surface area contributed by atoms with Crippen LogP contribution >= 0.6 is 0 Å². The molecular weight excluding hydrogens is 172 g/mol. The van der Waals surface area contributed by atoms with Crippen molar-refractivity contribution in [2.24, 2.45) is 0 Å². The maximum absolute atomic E-state index is 10.3. The van der Waals surface area contributed by atoms with Crippen molar-refractivity contribution >= 4 is 5.78 Å². The van der Waals surface area contributed by atoms with E-state index in [1.807, 2.05) is 6.92 Å². The number of aliphatic hydroxyl groups excluding tert-OH is 2. The van der Waals surface area contributed by atoms with Crippen LogP contribution in [0.25, 0.3) is 0 Å². The van der Waals surface area contributed by atoms with Crippen LogP contribution in [0.5, 0.6) is 0 Å². The number of Topliss-reactive ketones (excluding diaryl/α,β-unsaturated/α-hetero) is 1. The molecule has 0 aromatic carbocycles. The fraction of sp³-hybridized carbons (Fsp3) is 0.889. The van der Waals surface area contributed by atoms with Crippen LogP contribution in [-0.2, 0) is 9.53 Å². The van der Waals surface area contributed by atoms with Gasteiger partial charge in [0, 0.05) is 6.61 Å². The summed E-state index contributed by atoms with van der Waals surface area (Å²) >= 11 is 0. The van der Waals surface area contributed by atoms with Crippen molar-refractivity contribution < 1.29 is 19.7 Å². The standard InChI is InChI=1S/C7H14O3.C2H6O/c1-3-4-7(9)10-5-6(2)8;1-2-3/h7,9H,3-5H2,1-2H3;3H,2H2,1H3. The van der Waals surface area contributed by atoms with E-state index in [4.69, 9.17) is 14.9 Å². The highest BCUT2D eigenvalue weighted by atomic mass is 16.6. The van der Waals surface area contributed by atoms with E-state index in [-0.39, 0.29) is 19.0 Å². The first-order chi connectivity index (χ1) is 6.08. The van der Waals surface area contributed by atoms with Gasteiger partial charge in [-0.3, -0.25) is 4.79 Å². The number of ketones is 1. The number of rotatable bonds is 5.